The minimum absolute atomic E-state index is 0.00380. The highest BCUT2D eigenvalue weighted by molar-refractivity contribution is 7.26. The molecule has 2 aliphatic heterocycles. The minimum atomic E-state index is -0.0181. The molecule has 0 N–H and O–H groups in total. The van der Waals surface area contributed by atoms with E-state index in [1.165, 1.54) is 123 Å². The fourth-order valence-electron chi connectivity index (χ4n) is 11.5. The van der Waals surface area contributed by atoms with Crippen molar-refractivity contribution >= 4 is 78.0 Å². The molecule has 0 bridgehead atoms. The molecule has 3 heterocycles. The number of thiophene rings is 1. The molecule has 4 heteroatoms. The first-order valence-electron chi connectivity index (χ1n) is 24.2. The summed E-state index contributed by atoms with van der Waals surface area (Å²) < 4.78 is 1.37. The fraction of sp³-hybridized carbons (Fsp3) is 0.206. The second-order valence-electron chi connectivity index (χ2n) is 21.7. The molecule has 3 aliphatic rings. The predicted octanol–water partition coefficient (Wildman–Crippen LogP) is 15.9. The zero-order valence-electron chi connectivity index (χ0n) is 40.0. The summed E-state index contributed by atoms with van der Waals surface area (Å²) in [4.78, 5) is 5.24. The number of hydrogen-bond acceptors (Lipinski definition) is 3. The van der Waals surface area contributed by atoms with Gasteiger partial charge in [0.15, 0.2) is 0 Å². The van der Waals surface area contributed by atoms with Crippen LogP contribution in [0.25, 0.3) is 43.5 Å². The monoisotopic (exact) mass is 884 g/mol. The normalized spacial score (nSPS) is 15.5. The van der Waals surface area contributed by atoms with Gasteiger partial charge in [0.25, 0.3) is 6.71 Å². The zero-order valence-corrected chi connectivity index (χ0v) is 40.9. The van der Waals surface area contributed by atoms with Crippen molar-refractivity contribution in [2.45, 2.75) is 84.5 Å². The molecule has 0 saturated carbocycles. The van der Waals surface area contributed by atoms with E-state index in [4.69, 9.17) is 0 Å². The highest BCUT2D eigenvalue weighted by Gasteiger charge is 2.47. The Hall–Kier alpha value is -6.62. The van der Waals surface area contributed by atoms with Gasteiger partial charge in [0, 0.05) is 33.0 Å². The summed E-state index contributed by atoms with van der Waals surface area (Å²) in [5, 5.41) is 2.71. The SMILES string of the molecule is Cc1cc2c3c(c1)N(c1ccc(C(C)(C)C)cc1-c1ccccc1)c1sc4cc5c(cc4c1B3c1cc(-c3ccccc3)ccc1N2c1ccc(-c2ccccc2)cc1)C(C)(C)CCC5(C)C. The Labute approximate surface area is 401 Å². The van der Waals surface area contributed by atoms with Crippen LogP contribution in [0, 0.1) is 6.92 Å². The van der Waals surface area contributed by atoms with Gasteiger partial charge in [-0.2, -0.15) is 0 Å². The van der Waals surface area contributed by atoms with Crippen LogP contribution in [0.4, 0.5) is 33.4 Å². The molecular formula is C63H57BN2S. The van der Waals surface area contributed by atoms with E-state index in [0.29, 0.717) is 0 Å². The Morgan fingerprint density at radius 1 is 0.493 bits per heavy atom. The molecule has 12 rings (SSSR count). The van der Waals surface area contributed by atoms with Crippen molar-refractivity contribution in [3.8, 4) is 33.4 Å². The lowest BCUT2D eigenvalue weighted by Gasteiger charge is -2.44. The van der Waals surface area contributed by atoms with E-state index in [1.54, 1.807) is 0 Å². The van der Waals surface area contributed by atoms with Crippen molar-refractivity contribution in [3.63, 3.8) is 0 Å². The molecule has 2 nitrogen and oxygen atoms in total. The van der Waals surface area contributed by atoms with E-state index >= 15 is 0 Å². The van der Waals surface area contributed by atoms with E-state index in [-0.39, 0.29) is 23.0 Å². The number of nitrogens with zero attached hydrogens (tertiary/aromatic N) is 2. The van der Waals surface area contributed by atoms with Crippen LogP contribution in [0.15, 0.2) is 176 Å². The van der Waals surface area contributed by atoms with Gasteiger partial charge in [-0.05, 0) is 162 Å². The average Bonchev–Trinajstić information content (AvgIpc) is 3.71. The summed E-state index contributed by atoms with van der Waals surface area (Å²) in [5.41, 5.74) is 23.4. The molecule has 1 aromatic heterocycles. The second-order valence-corrected chi connectivity index (χ2v) is 22.7. The van der Waals surface area contributed by atoms with Gasteiger partial charge in [-0.15, -0.1) is 11.3 Å². The third kappa shape index (κ3) is 6.74. The molecule has 8 aromatic carbocycles. The minimum Gasteiger partial charge on any atom is -0.311 e. The van der Waals surface area contributed by atoms with Crippen LogP contribution in [-0.4, -0.2) is 6.71 Å². The molecule has 9 aromatic rings. The lowest BCUT2D eigenvalue weighted by Crippen LogP contribution is -2.61. The fourth-order valence-corrected chi connectivity index (χ4v) is 12.8. The van der Waals surface area contributed by atoms with E-state index in [0.717, 1.165) is 5.69 Å². The van der Waals surface area contributed by atoms with Crippen molar-refractivity contribution in [1.29, 1.82) is 0 Å². The average molecular weight is 885 g/mol. The summed E-state index contributed by atoms with van der Waals surface area (Å²) in [6.07, 6.45) is 2.36. The molecule has 0 fully saturated rings. The lowest BCUT2D eigenvalue weighted by atomic mass is 9.33. The highest BCUT2D eigenvalue weighted by Crippen LogP contribution is 2.53. The van der Waals surface area contributed by atoms with Gasteiger partial charge < -0.3 is 9.80 Å². The van der Waals surface area contributed by atoms with Gasteiger partial charge in [-0.1, -0.05) is 170 Å². The van der Waals surface area contributed by atoms with Crippen molar-refractivity contribution in [1.82, 2.24) is 0 Å². The van der Waals surface area contributed by atoms with Gasteiger partial charge in [-0.25, -0.2) is 0 Å². The molecule has 0 amide bonds. The number of fused-ring (bicyclic) bond motifs is 7. The van der Waals surface area contributed by atoms with Gasteiger partial charge in [0.05, 0.1) is 10.7 Å². The number of aryl methyl sites for hydroxylation is 1. The van der Waals surface area contributed by atoms with Crippen molar-refractivity contribution in [3.05, 3.63) is 198 Å². The Morgan fingerprint density at radius 3 is 1.66 bits per heavy atom. The molecule has 0 radical (unpaired) electrons. The standard InChI is InChI=1S/C63H57BN2S/c1-40-34-55-59-56(35-40)66(53-31-27-46(61(2,3)4)37-48(53)44-22-16-11-17-23-44)60-58(49-38-50-51(39-57(49)67-60)63(7,8)33-32-62(50,5)6)64(59)52-36-45(42-20-14-10-15-21-42)26-30-54(52)65(55)47-28-24-43(25-29-47)41-18-12-9-13-19-41/h9-31,34-39H,32-33H2,1-8H3. The molecule has 0 unspecified atom stereocenters. The number of hydrogen-bond donors (Lipinski definition) is 0. The van der Waals surface area contributed by atoms with E-state index in [2.05, 4.69) is 241 Å². The van der Waals surface area contributed by atoms with Crippen LogP contribution in [-0.2, 0) is 16.2 Å². The Morgan fingerprint density at radius 2 is 1.03 bits per heavy atom. The quantitative estimate of drug-likeness (QED) is 0.159. The van der Waals surface area contributed by atoms with Crippen molar-refractivity contribution < 1.29 is 0 Å². The van der Waals surface area contributed by atoms with Gasteiger partial charge in [0.2, 0.25) is 0 Å². The van der Waals surface area contributed by atoms with Crippen LogP contribution in [0.1, 0.15) is 83.6 Å². The first-order valence-corrected chi connectivity index (χ1v) is 25.0. The topological polar surface area (TPSA) is 6.48 Å². The lowest BCUT2D eigenvalue weighted by molar-refractivity contribution is 0.332. The maximum absolute atomic E-state index is 2.68. The van der Waals surface area contributed by atoms with Crippen LogP contribution >= 0.6 is 11.3 Å². The predicted molar refractivity (Wildman–Crippen MR) is 291 cm³/mol. The zero-order chi connectivity index (χ0) is 46.0. The highest BCUT2D eigenvalue weighted by atomic mass is 32.1. The molecule has 328 valence electrons. The Kier molecular flexibility index (Phi) is 9.48. The number of anilines is 6. The molecule has 1 aliphatic carbocycles. The van der Waals surface area contributed by atoms with Crippen LogP contribution in [0.3, 0.4) is 0 Å². The summed E-state index contributed by atoms with van der Waals surface area (Å²) in [5.74, 6) is 0. The summed E-state index contributed by atoms with van der Waals surface area (Å²) in [6, 6.07) is 66.7. The van der Waals surface area contributed by atoms with E-state index in [1.807, 2.05) is 11.3 Å². The maximum Gasteiger partial charge on any atom is 0.254 e. The number of rotatable bonds is 5. The van der Waals surface area contributed by atoms with E-state index < -0.39 is 0 Å². The van der Waals surface area contributed by atoms with Gasteiger partial charge >= 0.3 is 0 Å². The smallest absolute Gasteiger partial charge is 0.254 e. The molecule has 67 heavy (non-hydrogen) atoms. The molecule has 0 saturated heterocycles. The maximum atomic E-state index is 2.68. The first kappa shape index (κ1) is 41.8. The second kappa shape index (κ2) is 15.2. The largest absolute Gasteiger partial charge is 0.311 e. The van der Waals surface area contributed by atoms with Gasteiger partial charge in [0.1, 0.15) is 0 Å². The molecular weight excluding hydrogens is 828 g/mol. The summed E-state index contributed by atoms with van der Waals surface area (Å²) >= 11 is 1.99. The Balaban J connectivity index is 1.20. The van der Waals surface area contributed by atoms with Gasteiger partial charge in [-0.3, -0.25) is 0 Å². The third-order valence-electron chi connectivity index (χ3n) is 15.3. The third-order valence-corrected chi connectivity index (χ3v) is 16.5. The van der Waals surface area contributed by atoms with Crippen molar-refractivity contribution in [2.75, 3.05) is 9.80 Å². The first-order chi connectivity index (χ1) is 32.2. The van der Waals surface area contributed by atoms with Crippen molar-refractivity contribution in [2.24, 2.45) is 0 Å². The Bertz CT molecular complexity index is 3390. The van der Waals surface area contributed by atoms with Crippen LogP contribution in [0.2, 0.25) is 0 Å². The molecule has 0 atom stereocenters. The number of benzene rings is 8. The summed E-state index contributed by atoms with van der Waals surface area (Å²) in [6.45, 7) is 19.1. The van der Waals surface area contributed by atoms with Crippen LogP contribution < -0.4 is 26.2 Å². The van der Waals surface area contributed by atoms with Crippen LogP contribution in [0.5, 0.6) is 0 Å². The molecule has 0 spiro atoms. The summed E-state index contributed by atoms with van der Waals surface area (Å²) in [7, 11) is 0. The van der Waals surface area contributed by atoms with E-state index in [9.17, 15) is 0 Å².